The fraction of sp³-hybridized carbons (Fsp3) is 0.588. The maximum atomic E-state index is 12.7. The Morgan fingerprint density at radius 3 is 2.58 bits per heavy atom. The van der Waals surface area contributed by atoms with E-state index in [9.17, 15) is 13.2 Å². The third-order valence-corrected chi connectivity index (χ3v) is 6.13. The molecule has 1 amide bonds. The van der Waals surface area contributed by atoms with Gasteiger partial charge in [-0.1, -0.05) is 0 Å². The van der Waals surface area contributed by atoms with Crippen LogP contribution in [0.4, 0.5) is 0 Å². The Morgan fingerprint density at radius 2 is 2.00 bits per heavy atom. The molecule has 7 heteroatoms. The molecule has 6 nitrogen and oxygen atoms in total. The van der Waals surface area contributed by atoms with E-state index in [4.69, 9.17) is 10.5 Å². The van der Waals surface area contributed by atoms with E-state index >= 15 is 0 Å². The number of nitrogens with two attached hydrogens (primary N) is 1. The Labute approximate surface area is 143 Å². The lowest BCUT2D eigenvalue weighted by Crippen LogP contribution is -2.51. The van der Waals surface area contributed by atoms with Crippen LogP contribution in [0.5, 0.6) is 0 Å². The Balaban J connectivity index is 2.16. The average Bonchev–Trinajstić information content (AvgIpc) is 2.59. The number of carbonyl (C=O) groups excluding carboxylic acids is 1. The Kier molecular flexibility index (Phi) is 6.37. The van der Waals surface area contributed by atoms with Gasteiger partial charge in [0, 0.05) is 31.3 Å². The van der Waals surface area contributed by atoms with E-state index < -0.39 is 9.84 Å². The van der Waals surface area contributed by atoms with Crippen molar-refractivity contribution in [2.45, 2.75) is 43.2 Å². The van der Waals surface area contributed by atoms with Crippen molar-refractivity contribution in [3.05, 3.63) is 29.8 Å². The number of sulfone groups is 1. The van der Waals surface area contributed by atoms with E-state index in [0.29, 0.717) is 12.1 Å². The monoisotopic (exact) mass is 354 g/mol. The molecule has 0 aromatic heterocycles. The molecular formula is C17H26N2O4S. The quantitative estimate of drug-likeness (QED) is 0.835. The topological polar surface area (TPSA) is 89.7 Å². The Morgan fingerprint density at radius 1 is 1.33 bits per heavy atom. The van der Waals surface area contributed by atoms with Crippen LogP contribution in [0.15, 0.2) is 29.2 Å². The predicted octanol–water partition coefficient (Wildman–Crippen LogP) is 1.45. The maximum Gasteiger partial charge on any atom is 0.254 e. The smallest absolute Gasteiger partial charge is 0.254 e. The minimum absolute atomic E-state index is 0.0383. The first-order chi connectivity index (χ1) is 11.4. The minimum Gasteiger partial charge on any atom is -0.384 e. The molecular weight excluding hydrogens is 328 g/mol. The highest BCUT2D eigenvalue weighted by Crippen LogP contribution is 2.22. The molecule has 24 heavy (non-hydrogen) atoms. The van der Waals surface area contributed by atoms with Crippen LogP contribution in [0.3, 0.4) is 0 Å². The van der Waals surface area contributed by atoms with Gasteiger partial charge >= 0.3 is 0 Å². The third kappa shape index (κ3) is 4.34. The summed E-state index contributed by atoms with van der Waals surface area (Å²) in [6, 6.07) is 6.09. The molecule has 0 radical (unpaired) electrons. The highest BCUT2D eigenvalue weighted by Gasteiger charge is 2.29. The Hall–Kier alpha value is -1.44. The van der Waals surface area contributed by atoms with Crippen LogP contribution >= 0.6 is 0 Å². The second-order valence-electron chi connectivity index (χ2n) is 6.26. The highest BCUT2D eigenvalue weighted by atomic mass is 32.2. The summed E-state index contributed by atoms with van der Waals surface area (Å²) in [7, 11) is -1.92. The van der Waals surface area contributed by atoms with Gasteiger partial charge in [0.15, 0.2) is 9.84 Å². The second-order valence-corrected chi connectivity index (χ2v) is 8.37. The number of piperidine rings is 1. The van der Waals surface area contributed by atoms with Crippen molar-refractivity contribution < 1.29 is 17.9 Å². The molecule has 2 N–H and O–H groups in total. The van der Waals surface area contributed by atoms with Gasteiger partial charge < -0.3 is 15.4 Å². The lowest BCUT2D eigenvalue weighted by molar-refractivity contribution is 0.0583. The zero-order valence-corrected chi connectivity index (χ0v) is 15.1. The van der Waals surface area contributed by atoms with Crippen molar-refractivity contribution in [3.8, 4) is 0 Å². The van der Waals surface area contributed by atoms with Crippen molar-refractivity contribution in [1.82, 2.24) is 4.90 Å². The number of methoxy groups -OCH3 is 1. The van der Waals surface area contributed by atoms with Crippen LogP contribution in [-0.2, 0) is 14.6 Å². The number of hydrogen-bond acceptors (Lipinski definition) is 5. The number of carbonyl (C=O) groups is 1. The van der Waals surface area contributed by atoms with Crippen LogP contribution in [0, 0.1) is 0 Å². The maximum absolute atomic E-state index is 12.7. The van der Waals surface area contributed by atoms with Crippen LogP contribution in [0.2, 0.25) is 0 Å². The molecule has 0 aliphatic carbocycles. The molecule has 1 fully saturated rings. The van der Waals surface area contributed by atoms with Crippen molar-refractivity contribution >= 4 is 15.7 Å². The molecule has 1 aliphatic rings. The number of rotatable bonds is 6. The first-order valence-corrected chi connectivity index (χ1v) is 9.90. The number of benzene rings is 1. The molecule has 1 heterocycles. The summed E-state index contributed by atoms with van der Waals surface area (Å²) in [5, 5.41) is 0. The van der Waals surface area contributed by atoms with Crippen LogP contribution in [0.1, 0.15) is 36.5 Å². The summed E-state index contributed by atoms with van der Waals surface area (Å²) in [6.07, 6.45) is 2.96. The van der Waals surface area contributed by atoms with Crippen LogP contribution < -0.4 is 5.73 Å². The predicted molar refractivity (Wildman–Crippen MR) is 92.7 cm³/mol. The molecule has 0 spiro atoms. The van der Waals surface area contributed by atoms with Crippen molar-refractivity contribution in [2.24, 2.45) is 5.73 Å². The molecule has 134 valence electrons. The third-order valence-electron chi connectivity index (χ3n) is 4.43. The molecule has 0 bridgehead atoms. The number of nitrogens with zero attached hydrogens (tertiary/aromatic N) is 1. The minimum atomic E-state index is -3.38. The van der Waals surface area contributed by atoms with Gasteiger partial charge in [0.2, 0.25) is 0 Å². The first kappa shape index (κ1) is 18.9. The first-order valence-electron chi connectivity index (χ1n) is 8.25. The largest absolute Gasteiger partial charge is 0.384 e. The molecule has 1 aromatic carbocycles. The van der Waals surface area contributed by atoms with Crippen molar-refractivity contribution in [3.63, 3.8) is 0 Å². The van der Waals surface area contributed by atoms with Gasteiger partial charge in [-0.15, -0.1) is 0 Å². The van der Waals surface area contributed by atoms with Gasteiger partial charge in [-0.25, -0.2) is 8.42 Å². The second kappa shape index (κ2) is 8.09. The number of hydrogen-bond donors (Lipinski definition) is 1. The molecule has 2 atom stereocenters. The lowest BCUT2D eigenvalue weighted by atomic mass is 9.96. The zero-order valence-electron chi connectivity index (χ0n) is 14.3. The van der Waals surface area contributed by atoms with Gasteiger partial charge in [-0.2, -0.15) is 0 Å². The average molecular weight is 354 g/mol. The van der Waals surface area contributed by atoms with E-state index in [1.807, 2.05) is 11.8 Å². The molecule has 2 unspecified atom stereocenters. The number of ether oxygens (including phenoxy) is 1. The lowest BCUT2D eigenvalue weighted by Gasteiger charge is -2.38. The molecule has 1 aromatic rings. The van der Waals surface area contributed by atoms with Crippen LogP contribution in [-0.4, -0.2) is 57.3 Å². The molecule has 0 saturated carbocycles. The normalized spacial score (nSPS) is 20.0. The van der Waals surface area contributed by atoms with E-state index in [0.717, 1.165) is 19.3 Å². The van der Waals surface area contributed by atoms with E-state index in [2.05, 4.69) is 0 Å². The van der Waals surface area contributed by atoms with Crippen molar-refractivity contribution in [1.29, 1.82) is 0 Å². The summed E-state index contributed by atoms with van der Waals surface area (Å²) in [6.45, 7) is 2.76. The fourth-order valence-electron chi connectivity index (χ4n) is 3.04. The van der Waals surface area contributed by atoms with E-state index in [1.54, 1.807) is 12.1 Å². The van der Waals surface area contributed by atoms with Crippen LogP contribution in [0.25, 0.3) is 0 Å². The fourth-order valence-corrected chi connectivity index (χ4v) is 4.21. The van der Waals surface area contributed by atoms with E-state index in [1.165, 1.54) is 19.2 Å². The van der Waals surface area contributed by atoms with Gasteiger partial charge in [0.05, 0.1) is 17.3 Å². The van der Waals surface area contributed by atoms with Gasteiger partial charge in [-0.05, 0) is 50.5 Å². The van der Waals surface area contributed by atoms with E-state index in [-0.39, 0.29) is 35.2 Å². The summed E-state index contributed by atoms with van der Waals surface area (Å²) in [4.78, 5) is 14.8. The standard InChI is InChI=1S/C17H26N2O4S/c1-13(18)16-5-3-4-10-19(16)17(20)14-6-8-15(9-7-14)24(21,22)12-11-23-2/h6-9,13,16H,3-5,10-12,18H2,1-2H3. The highest BCUT2D eigenvalue weighted by molar-refractivity contribution is 7.91. The van der Waals surface area contributed by atoms with Gasteiger partial charge in [-0.3, -0.25) is 4.79 Å². The van der Waals surface area contributed by atoms with Gasteiger partial charge in [0.1, 0.15) is 0 Å². The van der Waals surface area contributed by atoms with Gasteiger partial charge in [0.25, 0.3) is 5.91 Å². The number of likely N-dealkylation sites (tertiary alicyclic amines) is 1. The van der Waals surface area contributed by atoms with Crippen molar-refractivity contribution in [2.75, 3.05) is 26.0 Å². The molecule has 1 saturated heterocycles. The summed E-state index contributed by atoms with van der Waals surface area (Å²) < 4.78 is 29.1. The summed E-state index contributed by atoms with van der Waals surface area (Å²) >= 11 is 0. The molecule has 1 aliphatic heterocycles. The Bertz CT molecular complexity index is 656. The zero-order chi connectivity index (χ0) is 17.7. The molecule has 2 rings (SSSR count). The number of amides is 1. The summed E-state index contributed by atoms with van der Waals surface area (Å²) in [5.74, 6) is -0.159. The summed E-state index contributed by atoms with van der Waals surface area (Å²) in [5.41, 5.74) is 6.51. The SMILES string of the molecule is COCCS(=O)(=O)c1ccc(C(=O)N2CCCCC2C(C)N)cc1.